The number of carbonyl (C=O) groups is 1. The number of carbonyl (C=O) groups excluding carboxylic acids is 1. The van der Waals surface area contributed by atoms with Gasteiger partial charge in [-0.2, -0.15) is 0 Å². The van der Waals surface area contributed by atoms with E-state index in [0.717, 1.165) is 24.8 Å². The van der Waals surface area contributed by atoms with Crippen LogP contribution in [0.15, 0.2) is 24.3 Å². The van der Waals surface area contributed by atoms with Crippen LogP contribution in [0.4, 0.5) is 0 Å². The van der Waals surface area contributed by atoms with Crippen LogP contribution in [0.25, 0.3) is 0 Å². The second-order valence-corrected chi connectivity index (χ2v) is 4.60. The fourth-order valence-electron chi connectivity index (χ4n) is 1.78. The largest absolute Gasteiger partial charge is 0.350 e. The predicted molar refractivity (Wildman–Crippen MR) is 78.8 cm³/mol. The van der Waals surface area contributed by atoms with Gasteiger partial charge >= 0.3 is 0 Å². The van der Waals surface area contributed by atoms with E-state index in [9.17, 15) is 4.79 Å². The highest BCUT2D eigenvalue weighted by atomic mass is 16.1. The quantitative estimate of drug-likeness (QED) is 0.796. The summed E-state index contributed by atoms with van der Waals surface area (Å²) in [6, 6.07) is 7.51. The van der Waals surface area contributed by atoms with Gasteiger partial charge in [-0.1, -0.05) is 37.7 Å². The Morgan fingerprint density at radius 2 is 2.26 bits per heavy atom. The third-order valence-corrected chi connectivity index (χ3v) is 2.83. The van der Waals surface area contributed by atoms with Crippen LogP contribution in [0.5, 0.6) is 0 Å². The lowest BCUT2D eigenvalue weighted by atomic mass is 10.1. The number of hydrogen-bond donors (Lipinski definition) is 2. The van der Waals surface area contributed by atoms with Gasteiger partial charge in [0.15, 0.2) is 0 Å². The van der Waals surface area contributed by atoms with E-state index >= 15 is 0 Å². The van der Waals surface area contributed by atoms with E-state index < -0.39 is 0 Å². The molecular formula is C16H22N2O. The molecule has 3 nitrogen and oxygen atoms in total. The highest BCUT2D eigenvalue weighted by Gasteiger charge is 2.09. The van der Waals surface area contributed by atoms with E-state index in [1.165, 1.54) is 0 Å². The Hall–Kier alpha value is -1.79. The van der Waals surface area contributed by atoms with E-state index in [4.69, 9.17) is 5.73 Å². The molecule has 1 amide bonds. The number of amides is 1. The first-order valence-corrected chi connectivity index (χ1v) is 6.77. The summed E-state index contributed by atoms with van der Waals surface area (Å²) in [6.07, 6.45) is 3.28. The van der Waals surface area contributed by atoms with Crippen LogP contribution < -0.4 is 11.1 Å². The first-order chi connectivity index (χ1) is 9.17. The second kappa shape index (κ2) is 8.34. The maximum atomic E-state index is 12.1. The molecule has 0 heterocycles. The number of benzene rings is 1. The first-order valence-electron chi connectivity index (χ1n) is 6.77. The summed E-state index contributed by atoms with van der Waals surface area (Å²) in [5, 5.41) is 3.00. The van der Waals surface area contributed by atoms with Gasteiger partial charge in [-0.3, -0.25) is 4.79 Å². The molecule has 1 aromatic carbocycles. The van der Waals surface area contributed by atoms with Crippen LogP contribution in [0.1, 0.15) is 49.0 Å². The predicted octanol–water partition coefficient (Wildman–Crippen LogP) is 2.31. The summed E-state index contributed by atoms with van der Waals surface area (Å²) in [6.45, 7) is 4.50. The maximum Gasteiger partial charge on any atom is 0.251 e. The second-order valence-electron chi connectivity index (χ2n) is 4.60. The Bertz CT molecular complexity index is 471. The number of nitrogens with two attached hydrogens (primary N) is 1. The van der Waals surface area contributed by atoms with E-state index in [2.05, 4.69) is 24.1 Å². The maximum absolute atomic E-state index is 12.1. The fourth-order valence-corrected chi connectivity index (χ4v) is 1.78. The fraction of sp³-hybridized carbons (Fsp3) is 0.438. The molecule has 1 atom stereocenters. The molecule has 0 fully saturated rings. The summed E-state index contributed by atoms with van der Waals surface area (Å²) < 4.78 is 0. The number of nitrogens with one attached hydrogen (secondary N) is 1. The van der Waals surface area contributed by atoms with E-state index in [-0.39, 0.29) is 11.9 Å². The Labute approximate surface area is 115 Å². The van der Waals surface area contributed by atoms with Crippen molar-refractivity contribution in [2.45, 2.75) is 39.2 Å². The zero-order chi connectivity index (χ0) is 14.1. The van der Waals surface area contributed by atoms with Gasteiger partial charge in [0.1, 0.15) is 0 Å². The average Bonchev–Trinajstić information content (AvgIpc) is 2.43. The molecule has 1 unspecified atom stereocenters. The molecule has 1 rings (SSSR count). The van der Waals surface area contributed by atoms with Gasteiger partial charge in [-0.25, -0.2) is 0 Å². The Kier molecular flexibility index (Phi) is 6.70. The summed E-state index contributed by atoms with van der Waals surface area (Å²) in [5.41, 5.74) is 6.80. The van der Waals surface area contributed by atoms with Crippen LogP contribution in [-0.2, 0) is 0 Å². The van der Waals surface area contributed by atoms with Crippen molar-refractivity contribution in [3.63, 3.8) is 0 Å². The summed E-state index contributed by atoms with van der Waals surface area (Å²) in [7, 11) is 0. The van der Waals surface area contributed by atoms with Crippen LogP contribution in [-0.4, -0.2) is 18.5 Å². The normalized spacial score (nSPS) is 11.3. The lowest BCUT2D eigenvalue weighted by molar-refractivity contribution is 0.0938. The summed E-state index contributed by atoms with van der Waals surface area (Å²) >= 11 is 0. The number of hydrogen-bond acceptors (Lipinski definition) is 2. The van der Waals surface area contributed by atoms with Crippen LogP contribution in [0.3, 0.4) is 0 Å². The summed E-state index contributed by atoms with van der Waals surface area (Å²) in [4.78, 5) is 12.1. The Morgan fingerprint density at radius 3 is 2.95 bits per heavy atom. The molecule has 19 heavy (non-hydrogen) atoms. The standard InChI is InChI=1S/C16H22N2O/c1-3-4-7-13(2)18-16(19)15-10-5-8-14(12-15)9-6-11-17/h5,8,10,12-13H,3-4,7,11,17H2,1-2H3,(H,18,19). The van der Waals surface area contributed by atoms with Gasteiger partial charge in [-0.05, 0) is 31.5 Å². The Balaban J connectivity index is 2.66. The third kappa shape index (κ3) is 5.58. The van der Waals surface area contributed by atoms with Crippen LogP contribution in [0, 0.1) is 11.8 Å². The lowest BCUT2D eigenvalue weighted by Gasteiger charge is -2.13. The van der Waals surface area contributed by atoms with Gasteiger partial charge in [0.05, 0.1) is 6.54 Å². The van der Waals surface area contributed by atoms with Gasteiger partial charge in [0.2, 0.25) is 0 Å². The molecule has 102 valence electrons. The van der Waals surface area contributed by atoms with Crippen molar-refractivity contribution < 1.29 is 4.79 Å². The molecule has 0 saturated heterocycles. The molecule has 0 aliphatic carbocycles. The highest BCUT2D eigenvalue weighted by molar-refractivity contribution is 5.94. The van der Waals surface area contributed by atoms with Crippen LogP contribution in [0.2, 0.25) is 0 Å². The van der Waals surface area contributed by atoms with Crippen molar-refractivity contribution in [2.24, 2.45) is 5.73 Å². The smallest absolute Gasteiger partial charge is 0.251 e. The van der Waals surface area contributed by atoms with E-state index in [1.54, 1.807) is 12.1 Å². The lowest BCUT2D eigenvalue weighted by Crippen LogP contribution is -2.32. The van der Waals surface area contributed by atoms with Gasteiger partial charge in [-0.15, -0.1) is 0 Å². The minimum absolute atomic E-state index is 0.0417. The average molecular weight is 258 g/mol. The zero-order valence-corrected chi connectivity index (χ0v) is 11.7. The van der Waals surface area contributed by atoms with E-state index in [0.29, 0.717) is 12.1 Å². The molecule has 0 spiro atoms. The molecule has 0 bridgehead atoms. The molecule has 0 saturated carbocycles. The highest BCUT2D eigenvalue weighted by Crippen LogP contribution is 2.06. The van der Waals surface area contributed by atoms with Crippen molar-refractivity contribution in [1.82, 2.24) is 5.32 Å². The van der Waals surface area contributed by atoms with E-state index in [1.807, 2.05) is 19.1 Å². The SMILES string of the molecule is CCCCC(C)NC(=O)c1cccc(C#CCN)c1. The number of unbranched alkanes of at least 4 members (excludes halogenated alkanes) is 1. The number of rotatable bonds is 5. The van der Waals surface area contributed by atoms with Crippen molar-refractivity contribution in [3.05, 3.63) is 35.4 Å². The minimum Gasteiger partial charge on any atom is -0.350 e. The monoisotopic (exact) mass is 258 g/mol. The van der Waals surface area contributed by atoms with Crippen molar-refractivity contribution in [2.75, 3.05) is 6.54 Å². The van der Waals surface area contributed by atoms with Gasteiger partial charge in [0, 0.05) is 17.2 Å². The van der Waals surface area contributed by atoms with Crippen LogP contribution >= 0.6 is 0 Å². The topological polar surface area (TPSA) is 55.1 Å². The molecule has 0 aromatic heterocycles. The molecule has 0 radical (unpaired) electrons. The van der Waals surface area contributed by atoms with Crippen molar-refractivity contribution in [3.8, 4) is 11.8 Å². The Morgan fingerprint density at radius 1 is 1.47 bits per heavy atom. The van der Waals surface area contributed by atoms with Crippen molar-refractivity contribution >= 4 is 5.91 Å². The zero-order valence-electron chi connectivity index (χ0n) is 11.7. The molecular weight excluding hydrogens is 236 g/mol. The molecule has 3 N–H and O–H groups in total. The third-order valence-electron chi connectivity index (χ3n) is 2.83. The van der Waals surface area contributed by atoms with Crippen molar-refractivity contribution in [1.29, 1.82) is 0 Å². The molecule has 1 aromatic rings. The molecule has 3 heteroatoms. The molecule has 0 aliphatic heterocycles. The summed E-state index contributed by atoms with van der Waals surface area (Å²) in [5.74, 6) is 5.68. The minimum atomic E-state index is -0.0417. The first kappa shape index (κ1) is 15.3. The molecule has 0 aliphatic rings. The van der Waals surface area contributed by atoms with Gasteiger partial charge < -0.3 is 11.1 Å². The van der Waals surface area contributed by atoms with Gasteiger partial charge in [0.25, 0.3) is 5.91 Å².